The summed E-state index contributed by atoms with van der Waals surface area (Å²) in [5.41, 5.74) is 0.219. The summed E-state index contributed by atoms with van der Waals surface area (Å²) >= 11 is 5.96. The summed E-state index contributed by atoms with van der Waals surface area (Å²) in [4.78, 5) is 26.2. The molecule has 1 aromatic rings. The SMILES string of the molecule is O=C(N[C@H]1CCN(c2cccc(Cl)c2)C1=O)NC1(CO)CCC1. The van der Waals surface area contributed by atoms with E-state index >= 15 is 0 Å². The maximum absolute atomic E-state index is 12.5. The molecule has 7 heteroatoms. The molecule has 3 N–H and O–H groups in total. The Hall–Kier alpha value is -1.79. The molecule has 124 valence electrons. The molecular weight excluding hydrogens is 318 g/mol. The fraction of sp³-hybridized carbons (Fsp3) is 0.500. The number of amides is 3. The minimum absolute atomic E-state index is 0.0757. The smallest absolute Gasteiger partial charge is 0.315 e. The average molecular weight is 338 g/mol. The van der Waals surface area contributed by atoms with Crippen molar-refractivity contribution < 1.29 is 14.7 Å². The Morgan fingerprint density at radius 3 is 2.83 bits per heavy atom. The number of urea groups is 1. The third-order valence-electron chi connectivity index (χ3n) is 4.62. The predicted molar refractivity (Wildman–Crippen MR) is 87.5 cm³/mol. The van der Waals surface area contributed by atoms with Crippen molar-refractivity contribution in [3.05, 3.63) is 29.3 Å². The number of rotatable bonds is 4. The van der Waals surface area contributed by atoms with Crippen LogP contribution in [0.3, 0.4) is 0 Å². The van der Waals surface area contributed by atoms with Crippen LogP contribution in [-0.4, -0.2) is 41.8 Å². The van der Waals surface area contributed by atoms with Gasteiger partial charge in [-0.05, 0) is 43.9 Å². The van der Waals surface area contributed by atoms with Crippen molar-refractivity contribution in [1.29, 1.82) is 0 Å². The van der Waals surface area contributed by atoms with Crippen LogP contribution >= 0.6 is 11.6 Å². The third kappa shape index (κ3) is 3.28. The average Bonchev–Trinajstić information content (AvgIpc) is 2.84. The van der Waals surface area contributed by atoms with Gasteiger partial charge in [-0.1, -0.05) is 17.7 Å². The van der Waals surface area contributed by atoms with Crippen LogP contribution in [0.2, 0.25) is 5.02 Å². The van der Waals surface area contributed by atoms with Crippen molar-refractivity contribution in [2.45, 2.75) is 37.3 Å². The molecule has 3 amide bonds. The molecule has 2 aliphatic rings. The lowest BCUT2D eigenvalue weighted by Gasteiger charge is -2.41. The van der Waals surface area contributed by atoms with Gasteiger partial charge in [-0.25, -0.2) is 4.79 Å². The third-order valence-corrected chi connectivity index (χ3v) is 4.86. The lowest BCUT2D eigenvalue weighted by Crippen LogP contribution is -2.60. The summed E-state index contributed by atoms with van der Waals surface area (Å²) in [5, 5.41) is 15.5. The molecule has 0 unspecified atom stereocenters. The molecule has 23 heavy (non-hydrogen) atoms. The first-order chi connectivity index (χ1) is 11.0. The van der Waals surface area contributed by atoms with Gasteiger partial charge in [-0.2, -0.15) is 0 Å². The van der Waals surface area contributed by atoms with Crippen LogP contribution in [0.1, 0.15) is 25.7 Å². The van der Waals surface area contributed by atoms with Crippen LogP contribution in [0, 0.1) is 0 Å². The first kappa shape index (κ1) is 16.1. The standard InChI is InChI=1S/C16H20ClN3O3/c17-11-3-1-4-12(9-11)20-8-5-13(14(20)22)18-15(23)19-16(10-21)6-2-7-16/h1,3-4,9,13,21H,2,5-8,10H2,(H2,18,19,23)/t13-/m0/s1. The van der Waals surface area contributed by atoms with Crippen molar-refractivity contribution in [2.75, 3.05) is 18.1 Å². The summed E-state index contributed by atoms with van der Waals surface area (Å²) in [6.45, 7) is 0.461. The van der Waals surface area contributed by atoms with E-state index in [9.17, 15) is 14.7 Å². The Morgan fingerprint density at radius 2 is 2.22 bits per heavy atom. The minimum atomic E-state index is -0.551. The number of aliphatic hydroxyl groups excluding tert-OH is 1. The molecule has 1 saturated heterocycles. The molecule has 1 saturated carbocycles. The lowest BCUT2D eigenvalue weighted by molar-refractivity contribution is -0.118. The maximum atomic E-state index is 12.5. The molecule has 0 aromatic heterocycles. The van der Waals surface area contributed by atoms with E-state index in [0.29, 0.717) is 18.0 Å². The molecule has 1 aromatic carbocycles. The Bertz CT molecular complexity index is 613. The fourth-order valence-electron chi connectivity index (χ4n) is 3.08. The van der Waals surface area contributed by atoms with Gasteiger partial charge >= 0.3 is 6.03 Å². The number of carbonyl (C=O) groups excluding carboxylic acids is 2. The topological polar surface area (TPSA) is 81.7 Å². The quantitative estimate of drug-likeness (QED) is 0.781. The van der Waals surface area contributed by atoms with Crippen molar-refractivity contribution in [1.82, 2.24) is 10.6 Å². The van der Waals surface area contributed by atoms with Crippen LogP contribution in [0.25, 0.3) is 0 Å². The monoisotopic (exact) mass is 337 g/mol. The number of aliphatic hydroxyl groups is 1. The van der Waals surface area contributed by atoms with Gasteiger partial charge in [0.15, 0.2) is 0 Å². The molecule has 1 atom stereocenters. The number of nitrogens with zero attached hydrogens (tertiary/aromatic N) is 1. The van der Waals surface area contributed by atoms with Crippen LogP contribution in [0.15, 0.2) is 24.3 Å². The van der Waals surface area contributed by atoms with Gasteiger partial charge in [0.1, 0.15) is 6.04 Å². The van der Waals surface area contributed by atoms with Crippen molar-refractivity contribution in [3.63, 3.8) is 0 Å². The Morgan fingerprint density at radius 1 is 1.43 bits per heavy atom. The van der Waals surface area contributed by atoms with Gasteiger partial charge in [-0.15, -0.1) is 0 Å². The fourth-order valence-corrected chi connectivity index (χ4v) is 3.26. The maximum Gasteiger partial charge on any atom is 0.315 e. The Kier molecular flexibility index (Phi) is 4.46. The number of benzene rings is 1. The van der Waals surface area contributed by atoms with Gasteiger partial charge in [0.2, 0.25) is 5.91 Å². The number of nitrogens with one attached hydrogen (secondary N) is 2. The van der Waals surface area contributed by atoms with Crippen LogP contribution < -0.4 is 15.5 Å². The van der Waals surface area contributed by atoms with E-state index in [-0.39, 0.29) is 12.5 Å². The van der Waals surface area contributed by atoms with E-state index in [1.807, 2.05) is 6.07 Å². The Balaban J connectivity index is 1.60. The van der Waals surface area contributed by atoms with Crippen LogP contribution in [-0.2, 0) is 4.79 Å². The van der Waals surface area contributed by atoms with Gasteiger partial charge in [0.05, 0.1) is 12.1 Å². The Labute approximate surface area is 139 Å². The zero-order chi connectivity index (χ0) is 16.4. The van der Waals surface area contributed by atoms with Crippen LogP contribution in [0.4, 0.5) is 10.5 Å². The summed E-state index contributed by atoms with van der Waals surface area (Å²) in [6, 6.07) is 6.15. The largest absolute Gasteiger partial charge is 0.394 e. The molecule has 6 nitrogen and oxygen atoms in total. The molecule has 1 aliphatic heterocycles. The molecule has 0 radical (unpaired) electrons. The summed E-state index contributed by atoms with van der Waals surface area (Å²) in [5.74, 6) is -0.144. The second-order valence-corrected chi connectivity index (χ2v) is 6.64. The van der Waals surface area contributed by atoms with Crippen molar-refractivity contribution in [2.24, 2.45) is 0 Å². The molecule has 0 bridgehead atoms. The van der Waals surface area contributed by atoms with E-state index in [0.717, 1.165) is 24.9 Å². The molecule has 1 heterocycles. The first-order valence-corrected chi connectivity index (χ1v) is 8.17. The molecule has 1 aliphatic carbocycles. The second kappa shape index (κ2) is 6.37. The van der Waals surface area contributed by atoms with Crippen molar-refractivity contribution in [3.8, 4) is 0 Å². The van der Waals surface area contributed by atoms with E-state index in [2.05, 4.69) is 10.6 Å². The van der Waals surface area contributed by atoms with Gasteiger partial charge in [-0.3, -0.25) is 4.79 Å². The number of halogens is 1. The molecular formula is C16H20ClN3O3. The molecule has 2 fully saturated rings. The number of anilines is 1. The number of carbonyl (C=O) groups is 2. The van der Waals surface area contributed by atoms with E-state index in [4.69, 9.17) is 11.6 Å². The summed E-state index contributed by atoms with van der Waals surface area (Å²) < 4.78 is 0. The highest BCUT2D eigenvalue weighted by atomic mass is 35.5. The summed E-state index contributed by atoms with van der Waals surface area (Å²) in [7, 11) is 0. The zero-order valence-electron chi connectivity index (χ0n) is 12.7. The summed E-state index contributed by atoms with van der Waals surface area (Å²) in [6.07, 6.45) is 3.07. The second-order valence-electron chi connectivity index (χ2n) is 6.20. The van der Waals surface area contributed by atoms with Gasteiger partial charge in [0.25, 0.3) is 0 Å². The van der Waals surface area contributed by atoms with E-state index in [1.54, 1.807) is 23.1 Å². The highest BCUT2D eigenvalue weighted by molar-refractivity contribution is 6.31. The predicted octanol–water partition coefficient (Wildman–Crippen LogP) is 1.66. The van der Waals surface area contributed by atoms with Gasteiger partial charge in [0, 0.05) is 17.3 Å². The molecule has 3 rings (SSSR count). The van der Waals surface area contributed by atoms with E-state index < -0.39 is 17.6 Å². The minimum Gasteiger partial charge on any atom is -0.394 e. The van der Waals surface area contributed by atoms with E-state index in [1.165, 1.54) is 0 Å². The van der Waals surface area contributed by atoms with Crippen molar-refractivity contribution >= 4 is 29.2 Å². The van der Waals surface area contributed by atoms with Crippen LogP contribution in [0.5, 0.6) is 0 Å². The highest BCUT2D eigenvalue weighted by Crippen LogP contribution is 2.31. The molecule has 0 spiro atoms. The normalized spacial score (nSPS) is 22.6. The number of hydrogen-bond donors (Lipinski definition) is 3. The zero-order valence-corrected chi connectivity index (χ0v) is 13.5. The highest BCUT2D eigenvalue weighted by Gasteiger charge is 2.39. The van der Waals surface area contributed by atoms with Gasteiger partial charge < -0.3 is 20.6 Å². The number of hydrogen-bond acceptors (Lipinski definition) is 3. The first-order valence-electron chi connectivity index (χ1n) is 7.79. The lowest BCUT2D eigenvalue weighted by atomic mass is 9.77.